The molecule has 0 saturated heterocycles. The summed E-state index contributed by atoms with van der Waals surface area (Å²) in [6.45, 7) is 2.20. The summed E-state index contributed by atoms with van der Waals surface area (Å²) in [5.41, 5.74) is 1.27. The van der Waals surface area contributed by atoms with Crippen molar-refractivity contribution in [1.29, 1.82) is 0 Å². The Kier molecular flexibility index (Phi) is 7.14. The number of benzene rings is 1. The quantitative estimate of drug-likeness (QED) is 0.481. The normalized spacial score (nSPS) is 30.8. The zero-order valence-corrected chi connectivity index (χ0v) is 16.6. The van der Waals surface area contributed by atoms with Crippen molar-refractivity contribution in [3.63, 3.8) is 0 Å². The number of halogens is 3. The summed E-state index contributed by atoms with van der Waals surface area (Å²) in [7, 11) is 0. The van der Waals surface area contributed by atoms with E-state index in [-0.39, 0.29) is 11.8 Å². The van der Waals surface area contributed by atoms with Crippen molar-refractivity contribution < 1.29 is 8.78 Å². The molecule has 0 N–H and O–H groups in total. The van der Waals surface area contributed by atoms with Gasteiger partial charge in [0.25, 0.3) is 0 Å². The third kappa shape index (κ3) is 4.88. The molecule has 0 aromatic heterocycles. The molecular formula is C23H31ClF2. The van der Waals surface area contributed by atoms with Gasteiger partial charge in [-0.15, -0.1) is 0 Å². The molecule has 0 spiro atoms. The molecule has 144 valence electrons. The van der Waals surface area contributed by atoms with Gasteiger partial charge >= 0.3 is 0 Å². The first-order valence-electron chi connectivity index (χ1n) is 10.4. The van der Waals surface area contributed by atoms with Gasteiger partial charge in [-0.05, 0) is 80.9 Å². The predicted molar refractivity (Wildman–Crippen MR) is 106 cm³/mol. The molecule has 3 heteroatoms. The van der Waals surface area contributed by atoms with E-state index in [1.165, 1.54) is 18.4 Å². The molecule has 0 aliphatic heterocycles. The molecular weight excluding hydrogens is 350 g/mol. The van der Waals surface area contributed by atoms with E-state index in [9.17, 15) is 8.78 Å². The van der Waals surface area contributed by atoms with Crippen LogP contribution < -0.4 is 0 Å². The Hall–Kier alpha value is -0.890. The summed E-state index contributed by atoms with van der Waals surface area (Å²) in [4.78, 5) is 0. The number of rotatable bonds is 5. The fraction of sp³-hybridized carbons (Fsp3) is 0.652. The van der Waals surface area contributed by atoms with Gasteiger partial charge in [0.2, 0.25) is 0 Å². The predicted octanol–water partition coefficient (Wildman–Crippen LogP) is 8.37. The van der Waals surface area contributed by atoms with Crippen molar-refractivity contribution in [2.75, 3.05) is 0 Å². The first-order valence-corrected chi connectivity index (χ1v) is 10.8. The number of hydrogen-bond donors (Lipinski definition) is 0. The molecule has 0 amide bonds. The van der Waals surface area contributed by atoms with Crippen LogP contribution in [0.3, 0.4) is 0 Å². The minimum Gasteiger partial charge on any atom is -0.209 e. The summed E-state index contributed by atoms with van der Waals surface area (Å²) >= 11 is 5.95. The summed E-state index contributed by atoms with van der Waals surface area (Å²) < 4.78 is 29.5. The van der Waals surface area contributed by atoms with Crippen LogP contribution in [0.25, 0.3) is 0 Å². The van der Waals surface area contributed by atoms with Gasteiger partial charge in [0.15, 0.2) is 0 Å². The van der Waals surface area contributed by atoms with Gasteiger partial charge in [0.05, 0.1) is 0 Å². The van der Waals surface area contributed by atoms with Gasteiger partial charge in [-0.3, -0.25) is 0 Å². The smallest absolute Gasteiger partial charge is 0.135 e. The summed E-state index contributed by atoms with van der Waals surface area (Å²) in [6, 6.07) is 7.96. The standard InChI is InChI=1S/C23H31ClF2/c1-2-3-16-4-6-19(7-5-16)22(25)23(26)20-10-8-17(9-11-20)18-12-14-21(24)15-13-18/h12-17,19-20H,2-11H2,1H3/b23-22+. The zero-order valence-electron chi connectivity index (χ0n) is 15.8. The van der Waals surface area contributed by atoms with E-state index in [2.05, 4.69) is 19.1 Å². The maximum atomic E-state index is 14.8. The molecule has 0 unspecified atom stereocenters. The molecule has 2 aliphatic rings. The van der Waals surface area contributed by atoms with E-state index < -0.39 is 11.7 Å². The largest absolute Gasteiger partial charge is 0.209 e. The van der Waals surface area contributed by atoms with Crippen molar-refractivity contribution in [2.45, 2.75) is 77.0 Å². The van der Waals surface area contributed by atoms with Gasteiger partial charge in [-0.1, -0.05) is 43.5 Å². The Bertz CT molecular complexity index is 591. The Morgan fingerprint density at radius 3 is 1.85 bits per heavy atom. The monoisotopic (exact) mass is 380 g/mol. The van der Waals surface area contributed by atoms with E-state index in [0.29, 0.717) is 5.92 Å². The van der Waals surface area contributed by atoms with Crippen LogP contribution in [0.1, 0.15) is 82.6 Å². The molecule has 26 heavy (non-hydrogen) atoms. The van der Waals surface area contributed by atoms with Gasteiger partial charge in [0.1, 0.15) is 11.7 Å². The first kappa shape index (κ1) is 19.9. The number of hydrogen-bond acceptors (Lipinski definition) is 0. The maximum Gasteiger partial charge on any atom is 0.135 e. The van der Waals surface area contributed by atoms with Crippen molar-refractivity contribution in [3.05, 3.63) is 46.5 Å². The van der Waals surface area contributed by atoms with Crippen LogP contribution in [0.2, 0.25) is 5.02 Å². The molecule has 2 saturated carbocycles. The summed E-state index contributed by atoms with van der Waals surface area (Å²) in [6.07, 6.45) is 9.54. The highest BCUT2D eigenvalue weighted by molar-refractivity contribution is 6.30. The van der Waals surface area contributed by atoms with Gasteiger partial charge in [-0.2, -0.15) is 0 Å². The molecule has 0 heterocycles. The minimum absolute atomic E-state index is 0.169. The topological polar surface area (TPSA) is 0 Å². The number of allylic oxidation sites excluding steroid dienone is 2. The lowest BCUT2D eigenvalue weighted by Gasteiger charge is -2.31. The summed E-state index contributed by atoms with van der Waals surface area (Å²) in [5, 5.41) is 0.743. The lowest BCUT2D eigenvalue weighted by atomic mass is 9.76. The maximum absolute atomic E-state index is 14.8. The van der Waals surface area contributed by atoms with E-state index in [1.807, 2.05) is 12.1 Å². The van der Waals surface area contributed by atoms with Crippen LogP contribution in [-0.4, -0.2) is 0 Å². The van der Waals surface area contributed by atoms with Crippen molar-refractivity contribution in [2.24, 2.45) is 17.8 Å². The average Bonchev–Trinajstić information content (AvgIpc) is 2.68. The van der Waals surface area contributed by atoms with E-state index in [1.54, 1.807) is 0 Å². The Morgan fingerprint density at radius 2 is 1.35 bits per heavy atom. The molecule has 0 radical (unpaired) electrons. The second kappa shape index (κ2) is 9.35. The third-order valence-corrected chi connectivity index (χ3v) is 6.81. The van der Waals surface area contributed by atoms with Crippen molar-refractivity contribution in [3.8, 4) is 0 Å². The van der Waals surface area contributed by atoms with Crippen LogP contribution in [0.15, 0.2) is 35.9 Å². The first-order chi connectivity index (χ1) is 12.6. The molecule has 2 fully saturated rings. The van der Waals surface area contributed by atoms with Gasteiger partial charge in [0, 0.05) is 16.9 Å². The van der Waals surface area contributed by atoms with E-state index >= 15 is 0 Å². The van der Waals surface area contributed by atoms with Crippen LogP contribution >= 0.6 is 11.6 Å². The zero-order chi connectivity index (χ0) is 18.5. The fourth-order valence-corrected chi connectivity index (χ4v) is 5.04. The second-order valence-electron chi connectivity index (χ2n) is 8.30. The van der Waals surface area contributed by atoms with Crippen LogP contribution in [0, 0.1) is 17.8 Å². The Labute approximate surface area is 162 Å². The molecule has 2 aliphatic carbocycles. The highest BCUT2D eigenvalue weighted by atomic mass is 35.5. The van der Waals surface area contributed by atoms with Crippen LogP contribution in [0.5, 0.6) is 0 Å². The van der Waals surface area contributed by atoms with Crippen LogP contribution in [-0.2, 0) is 0 Å². The molecule has 3 rings (SSSR count). The molecule has 0 atom stereocenters. The Balaban J connectivity index is 1.54. The minimum atomic E-state index is -0.432. The fourth-order valence-electron chi connectivity index (χ4n) is 4.92. The van der Waals surface area contributed by atoms with Crippen LogP contribution in [0.4, 0.5) is 8.78 Å². The van der Waals surface area contributed by atoms with Crippen molar-refractivity contribution in [1.82, 2.24) is 0 Å². The molecule has 1 aromatic rings. The Morgan fingerprint density at radius 1 is 0.846 bits per heavy atom. The van der Waals surface area contributed by atoms with Gasteiger partial charge < -0.3 is 0 Å². The molecule has 1 aromatic carbocycles. The molecule has 0 nitrogen and oxygen atoms in total. The lowest BCUT2D eigenvalue weighted by molar-refractivity contribution is 0.241. The SMILES string of the molecule is CCCC1CCC(/C(F)=C(\F)C2CCC(c3ccc(Cl)cc3)CC2)CC1. The van der Waals surface area contributed by atoms with E-state index in [4.69, 9.17) is 11.6 Å². The highest BCUT2D eigenvalue weighted by Crippen LogP contribution is 2.43. The van der Waals surface area contributed by atoms with E-state index in [0.717, 1.165) is 62.3 Å². The van der Waals surface area contributed by atoms with Crippen molar-refractivity contribution >= 4 is 11.6 Å². The van der Waals surface area contributed by atoms with Gasteiger partial charge in [-0.25, -0.2) is 8.78 Å². The highest BCUT2D eigenvalue weighted by Gasteiger charge is 2.31. The average molecular weight is 381 g/mol. The third-order valence-electron chi connectivity index (χ3n) is 6.56. The molecule has 0 bridgehead atoms. The lowest BCUT2D eigenvalue weighted by Crippen LogP contribution is -2.18. The second-order valence-corrected chi connectivity index (χ2v) is 8.74. The summed E-state index contributed by atoms with van der Waals surface area (Å²) in [5.74, 6) is -0.0665.